The van der Waals surface area contributed by atoms with Crippen molar-refractivity contribution in [2.45, 2.75) is 0 Å². The third kappa shape index (κ3) is 5.42. The molecule has 0 aliphatic rings. The molecule has 0 aromatic heterocycles. The van der Waals surface area contributed by atoms with Gasteiger partial charge in [-0.1, -0.05) is 0 Å². The maximum Gasteiger partial charge on any atom is 0.514 e. The Labute approximate surface area is 47.2 Å². The maximum atomic E-state index is 9.57. The standard InChI is InChI=1S/C2HBrO4/c3-1(4)7-2(5)6/h(H,5,6). The summed E-state index contributed by atoms with van der Waals surface area (Å²) in [6.07, 6.45) is -1.61. The van der Waals surface area contributed by atoms with Crippen molar-refractivity contribution in [2.75, 3.05) is 0 Å². The zero-order chi connectivity index (χ0) is 5.86. The molecular weight excluding hydrogens is 168 g/mol. The molecule has 40 valence electrons. The van der Waals surface area contributed by atoms with E-state index in [0.29, 0.717) is 0 Å². The number of halogens is 1. The largest absolute Gasteiger partial charge is 0.514 e. The summed E-state index contributed by atoms with van der Waals surface area (Å²) in [5.41, 5.74) is 0. The summed E-state index contributed by atoms with van der Waals surface area (Å²) in [6, 6.07) is 0. The van der Waals surface area contributed by atoms with E-state index in [0.717, 1.165) is 0 Å². The van der Waals surface area contributed by atoms with E-state index in [1.54, 1.807) is 0 Å². The summed E-state index contributed by atoms with van der Waals surface area (Å²) in [5.74, 6) is 0. The first-order chi connectivity index (χ1) is 3.13. The van der Waals surface area contributed by atoms with Gasteiger partial charge in [0.2, 0.25) is 0 Å². The molecule has 0 aromatic rings. The minimum absolute atomic E-state index is 1.000. The molecule has 0 aromatic carbocycles. The fourth-order valence-electron chi connectivity index (χ4n) is 0.0686. The molecule has 5 heteroatoms. The normalized spacial score (nSPS) is 7.57. The van der Waals surface area contributed by atoms with Crippen molar-refractivity contribution in [2.24, 2.45) is 0 Å². The van der Waals surface area contributed by atoms with E-state index < -0.39 is 11.0 Å². The van der Waals surface area contributed by atoms with Gasteiger partial charge in [0.25, 0.3) is 0 Å². The van der Waals surface area contributed by atoms with Crippen LogP contribution in [0.25, 0.3) is 0 Å². The average Bonchev–Trinajstić information content (AvgIpc) is 1.27. The first-order valence-electron chi connectivity index (χ1n) is 1.23. The summed E-state index contributed by atoms with van der Waals surface area (Å²) in [5, 5.41) is 7.61. The van der Waals surface area contributed by atoms with Gasteiger partial charge in [0, 0.05) is 15.9 Å². The van der Waals surface area contributed by atoms with Crippen LogP contribution in [0.4, 0.5) is 9.59 Å². The molecule has 7 heavy (non-hydrogen) atoms. The molecule has 0 aliphatic carbocycles. The zero-order valence-corrected chi connectivity index (χ0v) is 4.64. The van der Waals surface area contributed by atoms with E-state index in [1.807, 2.05) is 0 Å². The second kappa shape index (κ2) is 2.57. The minimum Gasteiger partial charge on any atom is -0.449 e. The van der Waals surface area contributed by atoms with Gasteiger partial charge in [0.1, 0.15) is 0 Å². The molecule has 1 N–H and O–H groups in total. The van der Waals surface area contributed by atoms with Crippen LogP contribution in [0, 0.1) is 0 Å². The highest BCUT2D eigenvalue weighted by molar-refractivity contribution is 9.18. The van der Waals surface area contributed by atoms with E-state index in [1.165, 1.54) is 0 Å². The number of hydrogen-bond acceptors (Lipinski definition) is 3. The van der Waals surface area contributed by atoms with Crippen LogP contribution in [0.1, 0.15) is 0 Å². The van der Waals surface area contributed by atoms with E-state index in [4.69, 9.17) is 5.11 Å². The predicted molar refractivity (Wildman–Crippen MR) is 23.4 cm³/mol. The van der Waals surface area contributed by atoms with Gasteiger partial charge in [-0.25, -0.2) is 9.59 Å². The van der Waals surface area contributed by atoms with Gasteiger partial charge in [-0.05, 0) is 0 Å². The van der Waals surface area contributed by atoms with Gasteiger partial charge in [-0.15, -0.1) is 0 Å². The van der Waals surface area contributed by atoms with Crippen molar-refractivity contribution in [3.8, 4) is 0 Å². The number of rotatable bonds is 0. The van der Waals surface area contributed by atoms with Gasteiger partial charge in [0.05, 0.1) is 0 Å². The molecule has 4 nitrogen and oxygen atoms in total. The lowest BCUT2D eigenvalue weighted by molar-refractivity contribution is 0.122. The SMILES string of the molecule is O=C(O)OC(=O)Br. The van der Waals surface area contributed by atoms with Crippen LogP contribution in [0.3, 0.4) is 0 Å². The van der Waals surface area contributed by atoms with Crippen LogP contribution in [-0.2, 0) is 4.74 Å². The molecule has 0 aliphatic heterocycles. The zero-order valence-electron chi connectivity index (χ0n) is 3.05. The summed E-state index contributed by atoms with van der Waals surface area (Å²) >= 11 is 2.23. The lowest BCUT2D eigenvalue weighted by Crippen LogP contribution is -2.00. The first kappa shape index (κ1) is 6.42. The van der Waals surface area contributed by atoms with E-state index >= 15 is 0 Å². The fourth-order valence-corrected chi connectivity index (χ4v) is 0.207. The number of carbonyl (C=O) groups is 2. The summed E-state index contributed by atoms with van der Waals surface area (Å²) < 4.78 is 3.44. The van der Waals surface area contributed by atoms with Crippen LogP contribution in [0.2, 0.25) is 0 Å². The van der Waals surface area contributed by atoms with Crippen molar-refractivity contribution in [1.82, 2.24) is 0 Å². The highest BCUT2D eigenvalue weighted by Crippen LogP contribution is 1.88. The Morgan fingerprint density at radius 2 is 2.00 bits per heavy atom. The van der Waals surface area contributed by atoms with Crippen molar-refractivity contribution in [3.05, 3.63) is 0 Å². The lowest BCUT2D eigenvalue weighted by Gasteiger charge is -1.83. The van der Waals surface area contributed by atoms with Crippen LogP contribution >= 0.6 is 15.9 Å². The van der Waals surface area contributed by atoms with Crippen molar-refractivity contribution in [3.63, 3.8) is 0 Å². The molecule has 0 saturated carbocycles. The number of ether oxygens (including phenoxy) is 1. The van der Waals surface area contributed by atoms with Gasteiger partial charge in [0.15, 0.2) is 0 Å². The van der Waals surface area contributed by atoms with Gasteiger partial charge in [-0.3, -0.25) is 0 Å². The monoisotopic (exact) mass is 168 g/mol. The molecule has 0 amide bonds. The summed E-state index contributed by atoms with van der Waals surface area (Å²) in [6.45, 7) is 0. The molecule has 0 atom stereocenters. The summed E-state index contributed by atoms with van der Waals surface area (Å²) in [4.78, 5) is 17.9. The third-order valence-corrected chi connectivity index (χ3v) is 0.329. The van der Waals surface area contributed by atoms with Crippen LogP contribution < -0.4 is 0 Å². The summed E-state index contributed by atoms with van der Waals surface area (Å²) in [7, 11) is 0. The molecule has 0 rings (SSSR count). The molecular formula is C2HBrO4. The Morgan fingerprint density at radius 3 is 2.00 bits per heavy atom. The van der Waals surface area contributed by atoms with Crippen LogP contribution in [0.15, 0.2) is 0 Å². The lowest BCUT2D eigenvalue weighted by atomic mass is 11.3. The predicted octanol–water partition coefficient (Wildman–Crippen LogP) is 1.20. The molecule has 0 radical (unpaired) electrons. The minimum atomic E-state index is -1.61. The van der Waals surface area contributed by atoms with Gasteiger partial charge >= 0.3 is 11.0 Å². The van der Waals surface area contributed by atoms with Gasteiger partial charge in [-0.2, -0.15) is 0 Å². The van der Waals surface area contributed by atoms with E-state index in [-0.39, 0.29) is 0 Å². The third-order valence-electron chi connectivity index (χ3n) is 0.168. The maximum absolute atomic E-state index is 9.57. The number of carbonyl (C=O) groups excluding carboxylic acids is 1. The van der Waals surface area contributed by atoms with E-state index in [9.17, 15) is 9.59 Å². The molecule has 0 spiro atoms. The molecule has 0 heterocycles. The van der Waals surface area contributed by atoms with E-state index in [2.05, 4.69) is 20.7 Å². The van der Waals surface area contributed by atoms with Gasteiger partial charge < -0.3 is 9.84 Å². The Kier molecular flexibility index (Phi) is 2.36. The Hall–Kier alpha value is -0.580. The molecule has 0 bridgehead atoms. The average molecular weight is 169 g/mol. The highest BCUT2D eigenvalue weighted by Gasteiger charge is 1.99. The Morgan fingerprint density at radius 1 is 1.57 bits per heavy atom. The first-order valence-corrected chi connectivity index (χ1v) is 2.02. The van der Waals surface area contributed by atoms with Crippen molar-refractivity contribution in [1.29, 1.82) is 0 Å². The number of hydrogen-bond donors (Lipinski definition) is 1. The van der Waals surface area contributed by atoms with Crippen LogP contribution in [-0.4, -0.2) is 16.1 Å². The second-order valence-electron chi connectivity index (χ2n) is 0.606. The second-order valence-corrected chi connectivity index (χ2v) is 1.25. The van der Waals surface area contributed by atoms with Crippen LogP contribution in [0.5, 0.6) is 0 Å². The number of carboxylic acid groups (broad SMARTS) is 1. The Balaban J connectivity index is 3.32. The fraction of sp³-hybridized carbons (Fsp3) is 0. The van der Waals surface area contributed by atoms with Crippen molar-refractivity contribution >= 4 is 27.0 Å². The molecule has 0 unspecified atom stereocenters. The highest BCUT2D eigenvalue weighted by atomic mass is 79.9. The topological polar surface area (TPSA) is 63.6 Å². The van der Waals surface area contributed by atoms with Crippen molar-refractivity contribution < 1.29 is 19.4 Å². The smallest absolute Gasteiger partial charge is 0.449 e. The quantitative estimate of drug-likeness (QED) is 0.336. The Bertz CT molecular complexity index is 85.9. The molecule has 0 saturated heterocycles. The molecule has 0 fully saturated rings.